The van der Waals surface area contributed by atoms with Crippen molar-refractivity contribution < 1.29 is 4.79 Å². The number of aromatic amines is 1. The molecule has 0 saturated carbocycles. The van der Waals surface area contributed by atoms with Gasteiger partial charge in [0.2, 0.25) is 5.91 Å². The van der Waals surface area contributed by atoms with Crippen molar-refractivity contribution in [2.45, 2.75) is 19.4 Å². The molecule has 0 fully saturated rings. The van der Waals surface area contributed by atoms with Crippen molar-refractivity contribution in [2.24, 2.45) is 0 Å². The second-order valence-corrected chi connectivity index (χ2v) is 7.78. The van der Waals surface area contributed by atoms with Crippen LogP contribution < -0.4 is 10.2 Å². The lowest BCUT2D eigenvalue weighted by atomic mass is 10.1. The third kappa shape index (κ3) is 5.68. The quantitative estimate of drug-likeness (QED) is 0.418. The maximum Gasteiger partial charge on any atom is 0.240 e. The standard InChI is InChI=1S/C21H24ClN5OS/c1-26(2)18-11-5-15(6-12-18)4-3-13-23-19(28)14-27-20(24-25-21(27)29)16-7-9-17(22)10-8-16/h5-12H,3-4,13-14H2,1-2H3,(H,23,28)(H,25,29). The molecule has 2 N–H and O–H groups in total. The Hall–Kier alpha value is -2.64. The van der Waals surface area contributed by atoms with Gasteiger partial charge in [0.15, 0.2) is 10.6 Å². The van der Waals surface area contributed by atoms with Crippen LogP contribution in [0.2, 0.25) is 5.02 Å². The number of benzene rings is 2. The van der Waals surface area contributed by atoms with Gasteiger partial charge in [-0.2, -0.15) is 5.10 Å². The SMILES string of the molecule is CN(C)c1ccc(CCCNC(=O)Cn2c(-c3ccc(Cl)cc3)n[nH]c2=S)cc1. The summed E-state index contributed by atoms with van der Waals surface area (Å²) in [5.41, 5.74) is 3.28. The van der Waals surface area contributed by atoms with Crippen LogP contribution in [-0.4, -0.2) is 41.3 Å². The number of nitrogens with zero attached hydrogens (tertiary/aromatic N) is 3. The van der Waals surface area contributed by atoms with Crippen molar-refractivity contribution in [3.05, 3.63) is 63.9 Å². The number of H-pyrrole nitrogens is 1. The zero-order valence-electron chi connectivity index (χ0n) is 16.5. The molecular weight excluding hydrogens is 406 g/mol. The van der Waals surface area contributed by atoms with Crippen LogP contribution in [0.4, 0.5) is 5.69 Å². The molecule has 0 radical (unpaired) electrons. The minimum absolute atomic E-state index is 0.0966. The molecule has 0 atom stereocenters. The molecule has 0 aliphatic heterocycles. The number of anilines is 1. The zero-order chi connectivity index (χ0) is 20.8. The Morgan fingerprint density at radius 3 is 2.52 bits per heavy atom. The van der Waals surface area contributed by atoms with Gasteiger partial charge in [-0.05, 0) is 67.0 Å². The minimum Gasteiger partial charge on any atom is -0.378 e. The Morgan fingerprint density at radius 2 is 1.86 bits per heavy atom. The first-order valence-electron chi connectivity index (χ1n) is 9.38. The fourth-order valence-electron chi connectivity index (χ4n) is 2.96. The van der Waals surface area contributed by atoms with Gasteiger partial charge in [0.05, 0.1) is 0 Å². The second-order valence-electron chi connectivity index (χ2n) is 6.96. The molecule has 6 nitrogen and oxygen atoms in total. The minimum atomic E-state index is -0.0966. The first-order valence-corrected chi connectivity index (χ1v) is 10.2. The van der Waals surface area contributed by atoms with Crippen molar-refractivity contribution in [3.8, 4) is 11.4 Å². The van der Waals surface area contributed by atoms with Gasteiger partial charge in [0.1, 0.15) is 6.54 Å². The first-order chi connectivity index (χ1) is 13.9. The van der Waals surface area contributed by atoms with Gasteiger partial charge in [-0.15, -0.1) is 0 Å². The van der Waals surface area contributed by atoms with Gasteiger partial charge in [-0.1, -0.05) is 23.7 Å². The summed E-state index contributed by atoms with van der Waals surface area (Å²) in [6.07, 6.45) is 1.78. The number of carbonyl (C=O) groups is 1. The van der Waals surface area contributed by atoms with Gasteiger partial charge in [-0.25, -0.2) is 0 Å². The molecule has 1 amide bonds. The number of carbonyl (C=O) groups excluding carboxylic acids is 1. The number of hydrogen-bond donors (Lipinski definition) is 2. The Morgan fingerprint density at radius 1 is 1.17 bits per heavy atom. The van der Waals surface area contributed by atoms with Crippen LogP contribution in [0.1, 0.15) is 12.0 Å². The average Bonchev–Trinajstić information content (AvgIpc) is 3.06. The Bertz CT molecular complexity index is 1010. The lowest BCUT2D eigenvalue weighted by molar-refractivity contribution is -0.121. The van der Waals surface area contributed by atoms with Gasteiger partial charge in [0, 0.05) is 36.9 Å². The third-order valence-corrected chi connectivity index (χ3v) is 5.14. The van der Waals surface area contributed by atoms with Gasteiger partial charge < -0.3 is 10.2 Å². The smallest absolute Gasteiger partial charge is 0.240 e. The number of nitrogens with one attached hydrogen (secondary N) is 2. The molecule has 2 aromatic carbocycles. The van der Waals surface area contributed by atoms with E-state index >= 15 is 0 Å². The van der Waals surface area contributed by atoms with Crippen molar-refractivity contribution in [3.63, 3.8) is 0 Å². The first kappa shape index (κ1) is 21.1. The molecule has 0 unspecified atom stereocenters. The molecule has 0 bridgehead atoms. The van der Waals surface area contributed by atoms with E-state index in [-0.39, 0.29) is 12.5 Å². The van der Waals surface area contributed by atoms with Crippen molar-refractivity contribution >= 4 is 35.4 Å². The van der Waals surface area contributed by atoms with Crippen molar-refractivity contribution in [1.29, 1.82) is 0 Å². The van der Waals surface area contributed by atoms with Gasteiger partial charge in [-0.3, -0.25) is 14.5 Å². The zero-order valence-corrected chi connectivity index (χ0v) is 18.1. The van der Waals surface area contributed by atoms with E-state index in [1.807, 2.05) is 26.2 Å². The molecule has 8 heteroatoms. The van der Waals surface area contributed by atoms with Crippen LogP contribution in [0.3, 0.4) is 0 Å². The lowest BCUT2D eigenvalue weighted by Gasteiger charge is -2.12. The predicted molar refractivity (Wildman–Crippen MR) is 120 cm³/mol. The van der Waals surface area contributed by atoms with Crippen molar-refractivity contribution in [1.82, 2.24) is 20.1 Å². The van der Waals surface area contributed by atoms with Crippen molar-refractivity contribution in [2.75, 3.05) is 25.5 Å². The Kier molecular flexibility index (Phi) is 7.06. The second kappa shape index (κ2) is 9.71. The molecule has 0 aliphatic carbocycles. The fraction of sp³-hybridized carbons (Fsp3) is 0.286. The van der Waals surface area contributed by atoms with E-state index in [9.17, 15) is 4.79 Å². The summed E-state index contributed by atoms with van der Waals surface area (Å²) in [7, 11) is 4.05. The summed E-state index contributed by atoms with van der Waals surface area (Å²) in [5.74, 6) is 0.517. The number of rotatable bonds is 8. The Labute approximate surface area is 180 Å². The summed E-state index contributed by atoms with van der Waals surface area (Å²) in [6, 6.07) is 15.7. The number of halogens is 1. The van der Waals surface area contributed by atoms with Crippen LogP contribution in [0, 0.1) is 4.77 Å². The molecule has 3 aromatic rings. The summed E-state index contributed by atoms with van der Waals surface area (Å²) in [6.45, 7) is 0.723. The largest absolute Gasteiger partial charge is 0.378 e. The van der Waals surface area contributed by atoms with E-state index in [1.165, 1.54) is 11.3 Å². The van der Waals surface area contributed by atoms with Gasteiger partial charge in [0.25, 0.3) is 0 Å². The summed E-state index contributed by atoms with van der Waals surface area (Å²) < 4.78 is 2.10. The van der Waals surface area contributed by atoms with Crippen LogP contribution in [0.25, 0.3) is 11.4 Å². The normalized spacial score (nSPS) is 10.7. The maximum atomic E-state index is 12.4. The van der Waals surface area contributed by atoms with Crippen LogP contribution in [0.5, 0.6) is 0 Å². The highest BCUT2D eigenvalue weighted by atomic mass is 35.5. The van der Waals surface area contributed by atoms with Gasteiger partial charge >= 0.3 is 0 Å². The summed E-state index contributed by atoms with van der Waals surface area (Å²) in [5, 5.41) is 10.6. The molecule has 152 valence electrons. The number of aromatic nitrogens is 3. The summed E-state index contributed by atoms with van der Waals surface area (Å²) >= 11 is 11.2. The molecule has 0 saturated heterocycles. The van der Waals surface area contributed by atoms with E-state index < -0.39 is 0 Å². The number of amides is 1. The molecule has 0 spiro atoms. The molecule has 0 aliphatic rings. The molecule has 1 aromatic heterocycles. The maximum absolute atomic E-state index is 12.4. The molecule has 1 heterocycles. The number of hydrogen-bond acceptors (Lipinski definition) is 4. The topological polar surface area (TPSA) is 66.0 Å². The molecule has 3 rings (SSSR count). The fourth-order valence-corrected chi connectivity index (χ4v) is 3.29. The van der Waals surface area contributed by atoms with Crippen LogP contribution in [0.15, 0.2) is 48.5 Å². The summed E-state index contributed by atoms with van der Waals surface area (Å²) in [4.78, 5) is 14.5. The highest BCUT2D eigenvalue weighted by molar-refractivity contribution is 7.71. The highest BCUT2D eigenvalue weighted by Gasteiger charge is 2.12. The average molecular weight is 430 g/mol. The molecular formula is C21H24ClN5OS. The van der Waals surface area contributed by atoms with E-state index in [0.29, 0.717) is 22.2 Å². The third-order valence-electron chi connectivity index (χ3n) is 4.58. The number of aryl methyl sites for hydroxylation is 1. The lowest BCUT2D eigenvalue weighted by Crippen LogP contribution is -2.29. The Balaban J connectivity index is 1.52. The molecule has 29 heavy (non-hydrogen) atoms. The predicted octanol–water partition coefficient (Wildman–Crippen LogP) is 4.08. The van der Waals surface area contributed by atoms with E-state index in [1.54, 1.807) is 16.7 Å². The van der Waals surface area contributed by atoms with E-state index in [2.05, 4.69) is 44.7 Å². The van der Waals surface area contributed by atoms with E-state index in [0.717, 1.165) is 18.4 Å². The highest BCUT2D eigenvalue weighted by Crippen LogP contribution is 2.20. The van der Waals surface area contributed by atoms with E-state index in [4.69, 9.17) is 23.8 Å². The van der Waals surface area contributed by atoms with Crippen LogP contribution >= 0.6 is 23.8 Å². The monoisotopic (exact) mass is 429 g/mol. The van der Waals surface area contributed by atoms with Crippen LogP contribution in [-0.2, 0) is 17.8 Å².